The summed E-state index contributed by atoms with van der Waals surface area (Å²) < 4.78 is 0. The van der Waals surface area contributed by atoms with Crippen molar-refractivity contribution in [2.24, 2.45) is 0 Å². The number of allylic oxidation sites excluding steroid dienone is 3. The van der Waals surface area contributed by atoms with Crippen molar-refractivity contribution in [2.75, 3.05) is 6.61 Å². The Morgan fingerprint density at radius 1 is 0.434 bits per heavy atom. The van der Waals surface area contributed by atoms with Crippen LogP contribution in [0.25, 0.3) is 0 Å². The SMILES string of the molecule is CCCCCCCCCCCCCCCCCCCCCCCCCCC/C=C/CC/C=C/C(O)C(CO)NC(=O)CCCCCCCCCCCC. The van der Waals surface area contributed by atoms with Crippen LogP contribution in [0.3, 0.4) is 0 Å². The van der Waals surface area contributed by atoms with Crippen LogP contribution in [0.15, 0.2) is 24.3 Å². The van der Waals surface area contributed by atoms with Gasteiger partial charge in [0.05, 0.1) is 18.8 Å². The van der Waals surface area contributed by atoms with Crippen LogP contribution in [0.2, 0.25) is 0 Å². The van der Waals surface area contributed by atoms with Crippen molar-refractivity contribution >= 4 is 5.91 Å². The predicted octanol–water partition coefficient (Wildman–Crippen LogP) is 15.2. The van der Waals surface area contributed by atoms with E-state index in [1.165, 1.54) is 212 Å². The van der Waals surface area contributed by atoms with Crippen molar-refractivity contribution in [3.63, 3.8) is 0 Å². The molecule has 0 aromatic heterocycles. The van der Waals surface area contributed by atoms with Crippen LogP contribution in [-0.2, 0) is 4.79 Å². The molecule has 2 unspecified atom stereocenters. The van der Waals surface area contributed by atoms with Gasteiger partial charge in [0.1, 0.15) is 0 Å². The highest BCUT2D eigenvalue weighted by Crippen LogP contribution is 2.16. The minimum atomic E-state index is -0.857. The summed E-state index contributed by atoms with van der Waals surface area (Å²) in [7, 11) is 0. The summed E-state index contributed by atoms with van der Waals surface area (Å²) in [5, 5.41) is 22.9. The fraction of sp³-hybridized carbons (Fsp3) is 0.898. The minimum absolute atomic E-state index is 0.0742. The lowest BCUT2D eigenvalue weighted by Crippen LogP contribution is -2.45. The fourth-order valence-electron chi connectivity index (χ4n) is 7.49. The smallest absolute Gasteiger partial charge is 0.220 e. The molecule has 0 heterocycles. The number of unbranched alkanes of at least 4 members (excludes halogenated alkanes) is 35. The van der Waals surface area contributed by atoms with Crippen LogP contribution >= 0.6 is 0 Å². The zero-order valence-corrected chi connectivity index (χ0v) is 36.1. The van der Waals surface area contributed by atoms with Crippen molar-refractivity contribution in [3.8, 4) is 0 Å². The molecular weight excluding hydrogens is 651 g/mol. The maximum atomic E-state index is 12.3. The van der Waals surface area contributed by atoms with Gasteiger partial charge < -0.3 is 15.5 Å². The van der Waals surface area contributed by atoms with Crippen molar-refractivity contribution in [1.82, 2.24) is 5.32 Å². The number of aliphatic hydroxyl groups is 2. The molecule has 0 radical (unpaired) electrons. The fourth-order valence-corrected chi connectivity index (χ4v) is 7.49. The summed E-state index contributed by atoms with van der Waals surface area (Å²) in [5.41, 5.74) is 0. The number of carbonyl (C=O) groups is 1. The highest BCUT2D eigenvalue weighted by Gasteiger charge is 2.17. The molecule has 0 aliphatic carbocycles. The molecule has 314 valence electrons. The van der Waals surface area contributed by atoms with Crippen molar-refractivity contribution in [3.05, 3.63) is 24.3 Å². The topological polar surface area (TPSA) is 69.6 Å². The second kappa shape index (κ2) is 45.3. The Morgan fingerprint density at radius 2 is 0.736 bits per heavy atom. The molecule has 4 heteroatoms. The largest absolute Gasteiger partial charge is 0.394 e. The molecule has 0 rings (SSSR count). The van der Waals surface area contributed by atoms with Crippen molar-refractivity contribution in [1.29, 1.82) is 0 Å². The summed E-state index contributed by atoms with van der Waals surface area (Å²) in [6.45, 7) is 4.30. The number of carbonyl (C=O) groups excluding carboxylic acids is 1. The van der Waals surface area contributed by atoms with Gasteiger partial charge >= 0.3 is 0 Å². The number of amides is 1. The molecule has 0 aliphatic rings. The highest BCUT2D eigenvalue weighted by molar-refractivity contribution is 5.76. The Labute approximate surface area is 332 Å². The van der Waals surface area contributed by atoms with E-state index in [0.29, 0.717) is 6.42 Å². The lowest BCUT2D eigenvalue weighted by molar-refractivity contribution is -0.123. The predicted molar refractivity (Wildman–Crippen MR) is 235 cm³/mol. The summed E-state index contributed by atoms with van der Waals surface area (Å²) in [4.78, 5) is 12.3. The molecule has 4 nitrogen and oxygen atoms in total. The van der Waals surface area contributed by atoms with Crippen molar-refractivity contribution < 1.29 is 15.0 Å². The Hall–Kier alpha value is -1.13. The van der Waals surface area contributed by atoms with E-state index in [2.05, 4.69) is 31.3 Å². The molecule has 0 aliphatic heterocycles. The Balaban J connectivity index is 3.46. The maximum Gasteiger partial charge on any atom is 0.220 e. The third-order valence-electron chi connectivity index (χ3n) is 11.2. The normalized spacial score (nSPS) is 13.1. The van der Waals surface area contributed by atoms with E-state index in [1.54, 1.807) is 6.08 Å². The first-order chi connectivity index (χ1) is 26.2. The van der Waals surface area contributed by atoms with E-state index in [1.807, 2.05) is 6.08 Å². The molecule has 0 saturated heterocycles. The molecule has 1 amide bonds. The number of hydrogen-bond donors (Lipinski definition) is 3. The van der Waals surface area contributed by atoms with Crippen LogP contribution in [0.5, 0.6) is 0 Å². The summed E-state index contributed by atoms with van der Waals surface area (Å²) in [6.07, 6.45) is 59.0. The zero-order valence-electron chi connectivity index (χ0n) is 36.1. The van der Waals surface area contributed by atoms with Crippen LogP contribution in [0, 0.1) is 0 Å². The first kappa shape index (κ1) is 51.9. The maximum absolute atomic E-state index is 12.3. The third-order valence-corrected chi connectivity index (χ3v) is 11.2. The lowest BCUT2D eigenvalue weighted by atomic mass is 10.0. The summed E-state index contributed by atoms with van der Waals surface area (Å²) in [5.74, 6) is -0.0742. The molecule has 3 N–H and O–H groups in total. The average Bonchev–Trinajstić information content (AvgIpc) is 3.16. The van der Waals surface area contributed by atoms with Gasteiger partial charge in [0, 0.05) is 6.42 Å². The van der Waals surface area contributed by atoms with Gasteiger partial charge in [-0.1, -0.05) is 250 Å². The molecular formula is C49H95NO3. The molecule has 0 saturated carbocycles. The van der Waals surface area contributed by atoms with Crippen LogP contribution in [0.4, 0.5) is 0 Å². The van der Waals surface area contributed by atoms with Gasteiger partial charge in [0.15, 0.2) is 0 Å². The molecule has 2 atom stereocenters. The van der Waals surface area contributed by atoms with Crippen LogP contribution < -0.4 is 5.32 Å². The average molecular weight is 746 g/mol. The molecule has 0 aromatic carbocycles. The number of rotatable bonds is 44. The van der Waals surface area contributed by atoms with E-state index < -0.39 is 12.1 Å². The molecule has 0 aromatic rings. The molecule has 0 spiro atoms. The number of aliphatic hydroxyl groups excluding tert-OH is 2. The van der Waals surface area contributed by atoms with Gasteiger partial charge in [-0.2, -0.15) is 0 Å². The second-order valence-corrected chi connectivity index (χ2v) is 16.5. The van der Waals surface area contributed by atoms with E-state index >= 15 is 0 Å². The third kappa shape index (κ3) is 41.9. The van der Waals surface area contributed by atoms with Crippen molar-refractivity contribution in [2.45, 2.75) is 276 Å². The van der Waals surface area contributed by atoms with Gasteiger partial charge in [-0.3, -0.25) is 4.79 Å². The number of hydrogen-bond acceptors (Lipinski definition) is 3. The minimum Gasteiger partial charge on any atom is -0.394 e. The van der Waals surface area contributed by atoms with Crippen LogP contribution in [0.1, 0.15) is 264 Å². The summed E-state index contributed by atoms with van der Waals surface area (Å²) >= 11 is 0. The van der Waals surface area contributed by atoms with E-state index in [4.69, 9.17) is 0 Å². The highest BCUT2D eigenvalue weighted by atomic mass is 16.3. The zero-order chi connectivity index (χ0) is 38.6. The van der Waals surface area contributed by atoms with Gasteiger partial charge in [-0.25, -0.2) is 0 Å². The Kier molecular flexibility index (Phi) is 44.3. The van der Waals surface area contributed by atoms with Crippen LogP contribution in [-0.4, -0.2) is 34.9 Å². The number of nitrogens with one attached hydrogen (secondary N) is 1. The lowest BCUT2D eigenvalue weighted by Gasteiger charge is -2.19. The van der Waals surface area contributed by atoms with Gasteiger partial charge in [0.2, 0.25) is 5.91 Å². The molecule has 0 fully saturated rings. The Morgan fingerprint density at radius 3 is 1.09 bits per heavy atom. The first-order valence-corrected chi connectivity index (χ1v) is 24.1. The first-order valence-electron chi connectivity index (χ1n) is 24.1. The quantitative estimate of drug-likeness (QED) is 0.0430. The summed E-state index contributed by atoms with van der Waals surface area (Å²) in [6, 6.07) is -0.633. The molecule has 53 heavy (non-hydrogen) atoms. The van der Waals surface area contributed by atoms with E-state index in [-0.39, 0.29) is 12.5 Å². The van der Waals surface area contributed by atoms with Gasteiger partial charge in [-0.15, -0.1) is 0 Å². The van der Waals surface area contributed by atoms with Gasteiger partial charge in [0.25, 0.3) is 0 Å². The van der Waals surface area contributed by atoms with E-state index in [9.17, 15) is 15.0 Å². The standard InChI is InChI=1S/C49H95NO3/c1-3-5-7-9-11-13-15-16-17-18-19-20-21-22-23-24-25-26-27-28-29-30-31-32-33-34-35-36-38-40-42-44-48(52)47(46-51)50-49(53)45-43-41-39-37-14-12-10-8-6-4-2/h35-36,42,44,47-48,51-52H,3-34,37-41,43,45-46H2,1-2H3,(H,50,53)/b36-35+,44-42+. The Bertz CT molecular complexity index is 765. The van der Waals surface area contributed by atoms with E-state index in [0.717, 1.165) is 32.1 Å². The van der Waals surface area contributed by atoms with Gasteiger partial charge in [-0.05, 0) is 32.1 Å². The monoisotopic (exact) mass is 746 g/mol. The molecule has 0 bridgehead atoms. The second-order valence-electron chi connectivity index (χ2n) is 16.5.